The van der Waals surface area contributed by atoms with Gasteiger partial charge in [-0.3, -0.25) is 9.78 Å². The van der Waals surface area contributed by atoms with Crippen LogP contribution in [-0.2, 0) is 11.2 Å². The van der Waals surface area contributed by atoms with Crippen molar-refractivity contribution in [2.45, 2.75) is 12.5 Å². The summed E-state index contributed by atoms with van der Waals surface area (Å²) in [5.41, 5.74) is 1.52. The largest absolute Gasteiger partial charge is 0.442 e. The normalized spacial score (nSPS) is 17.1. The lowest BCUT2D eigenvalue weighted by Crippen LogP contribution is -2.42. The van der Waals surface area contributed by atoms with Gasteiger partial charge < -0.3 is 14.1 Å². The molecule has 0 bridgehead atoms. The first-order valence-electron chi connectivity index (χ1n) is 8.69. The Balaban J connectivity index is 1.43. The van der Waals surface area contributed by atoms with Gasteiger partial charge in [0.1, 0.15) is 11.6 Å². The Kier molecular flexibility index (Phi) is 4.93. The van der Waals surface area contributed by atoms with Crippen LogP contribution in [0.1, 0.15) is 33.7 Å². The first-order chi connectivity index (χ1) is 13.2. The minimum atomic E-state index is -0.411. The molecule has 7 heteroatoms. The van der Waals surface area contributed by atoms with Crippen LogP contribution in [0.2, 0.25) is 0 Å². The Labute approximate surface area is 155 Å². The van der Waals surface area contributed by atoms with Gasteiger partial charge in [0.15, 0.2) is 6.10 Å². The number of hydrogen-bond donors (Lipinski definition) is 0. The van der Waals surface area contributed by atoms with Gasteiger partial charge in [-0.2, -0.15) is 0 Å². The molecule has 3 aromatic rings. The fourth-order valence-corrected chi connectivity index (χ4v) is 3.02. The zero-order valence-electron chi connectivity index (χ0n) is 14.5. The van der Waals surface area contributed by atoms with E-state index >= 15 is 0 Å². The third-order valence-corrected chi connectivity index (χ3v) is 4.42. The van der Waals surface area contributed by atoms with Gasteiger partial charge in [0.2, 0.25) is 5.89 Å². The molecule has 0 saturated carbocycles. The van der Waals surface area contributed by atoms with E-state index in [1.807, 2.05) is 0 Å². The molecule has 138 valence electrons. The van der Waals surface area contributed by atoms with Crippen molar-refractivity contribution in [1.29, 1.82) is 0 Å². The Morgan fingerprint density at radius 3 is 2.74 bits per heavy atom. The van der Waals surface area contributed by atoms with Gasteiger partial charge in [-0.25, -0.2) is 9.37 Å². The Morgan fingerprint density at radius 1 is 1.19 bits per heavy atom. The van der Waals surface area contributed by atoms with Crippen LogP contribution in [-0.4, -0.2) is 40.5 Å². The van der Waals surface area contributed by atoms with E-state index in [0.29, 0.717) is 43.3 Å². The summed E-state index contributed by atoms with van der Waals surface area (Å²) in [6, 6.07) is 9.64. The third-order valence-electron chi connectivity index (χ3n) is 4.42. The van der Waals surface area contributed by atoms with E-state index in [0.717, 1.165) is 5.56 Å². The van der Waals surface area contributed by atoms with Gasteiger partial charge in [0.25, 0.3) is 5.91 Å². The molecule has 4 rings (SSSR count). The van der Waals surface area contributed by atoms with E-state index in [2.05, 4.69) is 9.97 Å². The van der Waals surface area contributed by atoms with Gasteiger partial charge in [-0.1, -0.05) is 12.1 Å². The highest BCUT2D eigenvalue weighted by Gasteiger charge is 2.29. The summed E-state index contributed by atoms with van der Waals surface area (Å²) in [5, 5.41) is 0. The van der Waals surface area contributed by atoms with Gasteiger partial charge in [0, 0.05) is 30.9 Å². The van der Waals surface area contributed by atoms with Crippen molar-refractivity contribution in [2.24, 2.45) is 0 Å². The standard InChI is InChI=1S/C20H18FN3O3/c21-16-3-1-14(2-4-16)11-17-12-23-19(27-17)18-13-24(9-10-26-18)20(25)15-5-7-22-8-6-15/h1-8,12,18H,9-11,13H2/t18-/m0/s1. The van der Waals surface area contributed by atoms with Crippen molar-refractivity contribution >= 4 is 5.91 Å². The van der Waals surface area contributed by atoms with Gasteiger partial charge >= 0.3 is 0 Å². The number of carbonyl (C=O) groups excluding carboxylic acids is 1. The number of nitrogens with zero attached hydrogens (tertiary/aromatic N) is 3. The number of ether oxygens (including phenoxy) is 1. The minimum absolute atomic E-state index is 0.0659. The molecule has 1 fully saturated rings. The molecule has 6 nitrogen and oxygen atoms in total. The predicted molar refractivity (Wildman–Crippen MR) is 94.5 cm³/mol. The second-order valence-corrected chi connectivity index (χ2v) is 6.31. The van der Waals surface area contributed by atoms with Crippen molar-refractivity contribution in [3.05, 3.63) is 83.6 Å². The summed E-state index contributed by atoms with van der Waals surface area (Å²) in [5.74, 6) is 0.771. The van der Waals surface area contributed by atoms with Crippen molar-refractivity contribution in [3.8, 4) is 0 Å². The Morgan fingerprint density at radius 2 is 1.96 bits per heavy atom. The summed E-state index contributed by atoms with van der Waals surface area (Å²) in [7, 11) is 0. The number of oxazole rings is 1. The summed E-state index contributed by atoms with van der Waals surface area (Å²) < 4.78 is 24.6. The molecule has 27 heavy (non-hydrogen) atoms. The van der Waals surface area contributed by atoms with E-state index in [4.69, 9.17) is 9.15 Å². The number of pyridine rings is 1. The minimum Gasteiger partial charge on any atom is -0.442 e. The maximum atomic E-state index is 13.0. The molecule has 1 aliphatic heterocycles. The van der Waals surface area contributed by atoms with E-state index in [1.165, 1.54) is 12.1 Å². The predicted octanol–water partition coefficient (Wildman–Crippen LogP) is 3.01. The number of benzene rings is 1. The fourth-order valence-electron chi connectivity index (χ4n) is 3.02. The molecule has 0 unspecified atom stereocenters. The molecule has 1 amide bonds. The smallest absolute Gasteiger partial charge is 0.254 e. The molecule has 1 atom stereocenters. The Hall–Kier alpha value is -3.06. The van der Waals surface area contributed by atoms with Crippen LogP contribution >= 0.6 is 0 Å². The highest BCUT2D eigenvalue weighted by atomic mass is 19.1. The Bertz CT molecular complexity index is 912. The second kappa shape index (κ2) is 7.67. The maximum absolute atomic E-state index is 13.0. The number of aromatic nitrogens is 2. The molecule has 0 radical (unpaired) electrons. The molecule has 0 spiro atoms. The first-order valence-corrected chi connectivity index (χ1v) is 8.69. The maximum Gasteiger partial charge on any atom is 0.254 e. The molecular formula is C20H18FN3O3. The SMILES string of the molecule is O=C(c1ccncc1)N1CCO[C@H](c2ncc(Cc3ccc(F)cc3)o2)C1. The third kappa shape index (κ3) is 4.03. The average molecular weight is 367 g/mol. The van der Waals surface area contributed by atoms with E-state index < -0.39 is 6.10 Å². The van der Waals surface area contributed by atoms with Gasteiger partial charge in [-0.15, -0.1) is 0 Å². The van der Waals surface area contributed by atoms with Crippen LogP contribution < -0.4 is 0 Å². The topological polar surface area (TPSA) is 68.5 Å². The van der Waals surface area contributed by atoms with E-state index in [-0.39, 0.29) is 11.7 Å². The first kappa shape index (κ1) is 17.4. The summed E-state index contributed by atoms with van der Waals surface area (Å²) >= 11 is 0. The fraction of sp³-hybridized carbons (Fsp3) is 0.250. The van der Waals surface area contributed by atoms with Crippen LogP contribution in [0.5, 0.6) is 0 Å². The number of hydrogen-bond acceptors (Lipinski definition) is 5. The zero-order chi connectivity index (χ0) is 18.6. The average Bonchev–Trinajstić information content (AvgIpc) is 3.18. The summed E-state index contributed by atoms with van der Waals surface area (Å²) in [6.45, 7) is 1.30. The van der Waals surface area contributed by atoms with Gasteiger partial charge in [0.05, 0.1) is 19.3 Å². The van der Waals surface area contributed by atoms with Crippen LogP contribution in [0, 0.1) is 5.82 Å². The number of halogens is 1. The highest BCUT2D eigenvalue weighted by Crippen LogP contribution is 2.24. The molecule has 0 N–H and O–H groups in total. The second-order valence-electron chi connectivity index (χ2n) is 6.31. The molecule has 1 saturated heterocycles. The molecule has 1 aromatic carbocycles. The van der Waals surface area contributed by atoms with Gasteiger partial charge in [-0.05, 0) is 29.8 Å². The number of rotatable bonds is 4. The summed E-state index contributed by atoms with van der Waals surface area (Å²) in [6.07, 6.45) is 4.94. The molecule has 1 aliphatic rings. The van der Waals surface area contributed by atoms with E-state index in [1.54, 1.807) is 47.8 Å². The van der Waals surface area contributed by atoms with E-state index in [9.17, 15) is 9.18 Å². The van der Waals surface area contributed by atoms with Crippen LogP contribution in [0.25, 0.3) is 0 Å². The number of morpholine rings is 1. The highest BCUT2D eigenvalue weighted by molar-refractivity contribution is 5.94. The molecule has 2 aromatic heterocycles. The quantitative estimate of drug-likeness (QED) is 0.709. The van der Waals surface area contributed by atoms with Crippen molar-refractivity contribution in [2.75, 3.05) is 19.7 Å². The van der Waals surface area contributed by atoms with Crippen LogP contribution in [0.4, 0.5) is 4.39 Å². The summed E-state index contributed by atoms with van der Waals surface area (Å²) in [4.78, 5) is 22.6. The van der Waals surface area contributed by atoms with Crippen molar-refractivity contribution in [1.82, 2.24) is 14.9 Å². The van der Waals surface area contributed by atoms with Crippen molar-refractivity contribution < 1.29 is 18.3 Å². The lowest BCUT2D eigenvalue weighted by molar-refractivity contribution is -0.0349. The zero-order valence-corrected chi connectivity index (χ0v) is 14.5. The molecule has 3 heterocycles. The number of carbonyl (C=O) groups is 1. The number of amides is 1. The molecular weight excluding hydrogens is 349 g/mol. The monoisotopic (exact) mass is 367 g/mol. The lowest BCUT2D eigenvalue weighted by atomic mass is 10.1. The lowest BCUT2D eigenvalue weighted by Gasteiger charge is -2.31. The molecule has 0 aliphatic carbocycles. The van der Waals surface area contributed by atoms with Crippen molar-refractivity contribution in [3.63, 3.8) is 0 Å². The van der Waals surface area contributed by atoms with Crippen LogP contribution in [0.15, 0.2) is 59.4 Å². The van der Waals surface area contributed by atoms with Crippen LogP contribution in [0.3, 0.4) is 0 Å².